The van der Waals surface area contributed by atoms with E-state index in [-0.39, 0.29) is 24.1 Å². The standard InChI is InChI=1S/C23H19N3O4/c1-25-11-5-7-14(21(25)27)12-19-16-8-2-3-9-17(16)22(28)26(19)13-15-6-4-10-18-20(15)30-23(29)24-18/h2-11,19H,12-13H2,1H3,(H,24,29). The molecule has 1 N–H and O–H groups in total. The Hall–Kier alpha value is -3.87. The second-order valence-corrected chi connectivity index (χ2v) is 7.50. The molecule has 1 unspecified atom stereocenters. The first kappa shape index (κ1) is 18.2. The first-order valence-corrected chi connectivity index (χ1v) is 9.68. The van der Waals surface area contributed by atoms with E-state index >= 15 is 0 Å². The van der Waals surface area contributed by atoms with Gasteiger partial charge in [0.2, 0.25) is 0 Å². The van der Waals surface area contributed by atoms with Crippen molar-refractivity contribution in [3.8, 4) is 0 Å². The maximum atomic E-state index is 13.2. The quantitative estimate of drug-likeness (QED) is 0.570. The van der Waals surface area contributed by atoms with Gasteiger partial charge in [0.15, 0.2) is 5.58 Å². The van der Waals surface area contributed by atoms with Crippen molar-refractivity contribution < 1.29 is 9.21 Å². The second-order valence-electron chi connectivity index (χ2n) is 7.50. The van der Waals surface area contributed by atoms with E-state index in [0.717, 1.165) is 11.1 Å². The number of carbonyl (C=O) groups is 1. The highest BCUT2D eigenvalue weighted by molar-refractivity contribution is 5.99. The fourth-order valence-corrected chi connectivity index (χ4v) is 4.21. The molecule has 2 aromatic heterocycles. The molecule has 30 heavy (non-hydrogen) atoms. The van der Waals surface area contributed by atoms with Gasteiger partial charge in [-0.2, -0.15) is 0 Å². The van der Waals surface area contributed by atoms with Gasteiger partial charge in [-0.1, -0.05) is 36.4 Å². The van der Waals surface area contributed by atoms with Crippen molar-refractivity contribution in [1.82, 2.24) is 14.5 Å². The second kappa shape index (κ2) is 6.88. The van der Waals surface area contributed by atoms with Crippen LogP contribution in [0.25, 0.3) is 11.1 Å². The molecule has 1 aliphatic heterocycles. The van der Waals surface area contributed by atoms with Crippen LogP contribution in [0.5, 0.6) is 0 Å². The minimum atomic E-state index is -0.530. The van der Waals surface area contributed by atoms with Crippen molar-refractivity contribution in [2.24, 2.45) is 7.05 Å². The number of pyridine rings is 1. The van der Waals surface area contributed by atoms with Crippen LogP contribution in [0.1, 0.15) is 33.1 Å². The maximum Gasteiger partial charge on any atom is 0.417 e. The molecule has 150 valence electrons. The van der Waals surface area contributed by atoms with E-state index in [1.165, 1.54) is 4.57 Å². The van der Waals surface area contributed by atoms with Crippen LogP contribution in [0.4, 0.5) is 0 Å². The maximum absolute atomic E-state index is 13.2. The summed E-state index contributed by atoms with van der Waals surface area (Å²) < 4.78 is 6.85. The predicted molar refractivity (Wildman–Crippen MR) is 111 cm³/mol. The molecule has 7 nitrogen and oxygen atoms in total. The van der Waals surface area contributed by atoms with Crippen LogP contribution in [-0.4, -0.2) is 20.4 Å². The smallest absolute Gasteiger partial charge is 0.407 e. The van der Waals surface area contributed by atoms with Crippen molar-refractivity contribution in [2.75, 3.05) is 0 Å². The molecular formula is C23H19N3O4. The SMILES string of the molecule is Cn1cccc(CC2c3ccccc3C(=O)N2Cc2cccc3[nH]c(=O)oc23)c1=O. The molecule has 0 spiro atoms. The molecule has 0 fully saturated rings. The first-order valence-electron chi connectivity index (χ1n) is 9.68. The van der Waals surface area contributed by atoms with Gasteiger partial charge in [0.1, 0.15) is 0 Å². The number of aromatic nitrogens is 2. The van der Waals surface area contributed by atoms with Crippen molar-refractivity contribution in [3.05, 3.63) is 104 Å². The molecule has 0 aliphatic carbocycles. The summed E-state index contributed by atoms with van der Waals surface area (Å²) >= 11 is 0. The van der Waals surface area contributed by atoms with Gasteiger partial charge >= 0.3 is 5.76 Å². The number of rotatable bonds is 4. The number of fused-ring (bicyclic) bond motifs is 2. The number of carbonyl (C=O) groups excluding carboxylic acids is 1. The molecule has 3 heterocycles. The van der Waals surface area contributed by atoms with E-state index in [1.807, 2.05) is 42.5 Å². The van der Waals surface area contributed by atoms with Crippen LogP contribution in [-0.2, 0) is 20.0 Å². The van der Waals surface area contributed by atoms with E-state index < -0.39 is 5.76 Å². The van der Waals surface area contributed by atoms with E-state index in [1.54, 1.807) is 30.3 Å². The summed E-state index contributed by atoms with van der Waals surface area (Å²) in [5, 5.41) is 0. The van der Waals surface area contributed by atoms with Gasteiger partial charge in [0.25, 0.3) is 11.5 Å². The molecule has 0 saturated heterocycles. The van der Waals surface area contributed by atoms with Crippen molar-refractivity contribution >= 4 is 17.0 Å². The van der Waals surface area contributed by atoms with Gasteiger partial charge in [-0.05, 0) is 23.8 Å². The molecular weight excluding hydrogens is 382 g/mol. The van der Waals surface area contributed by atoms with Crippen molar-refractivity contribution in [3.63, 3.8) is 0 Å². The molecule has 1 atom stereocenters. The highest BCUT2D eigenvalue weighted by Gasteiger charge is 2.37. The zero-order valence-electron chi connectivity index (χ0n) is 16.3. The number of para-hydroxylation sites is 1. The third-order valence-electron chi connectivity index (χ3n) is 5.67. The lowest BCUT2D eigenvalue weighted by molar-refractivity contribution is 0.0709. The topological polar surface area (TPSA) is 88.3 Å². The van der Waals surface area contributed by atoms with E-state index in [4.69, 9.17) is 4.42 Å². The Morgan fingerprint density at radius 2 is 1.77 bits per heavy atom. The van der Waals surface area contributed by atoms with Gasteiger partial charge in [0.05, 0.1) is 18.1 Å². The molecule has 2 aromatic carbocycles. The number of H-pyrrole nitrogens is 1. The fourth-order valence-electron chi connectivity index (χ4n) is 4.21. The number of hydrogen-bond acceptors (Lipinski definition) is 4. The van der Waals surface area contributed by atoms with Crippen LogP contribution < -0.4 is 11.3 Å². The lowest BCUT2D eigenvalue weighted by atomic mass is 9.98. The number of aryl methyl sites for hydroxylation is 1. The number of benzene rings is 2. The summed E-state index contributed by atoms with van der Waals surface area (Å²) in [7, 11) is 1.71. The third-order valence-corrected chi connectivity index (χ3v) is 5.67. The minimum absolute atomic E-state index is 0.0759. The summed E-state index contributed by atoms with van der Waals surface area (Å²) in [5.41, 5.74) is 3.88. The Morgan fingerprint density at radius 1 is 0.967 bits per heavy atom. The minimum Gasteiger partial charge on any atom is -0.407 e. The van der Waals surface area contributed by atoms with Gasteiger partial charge in [0, 0.05) is 36.4 Å². The normalized spacial score (nSPS) is 15.7. The number of nitrogens with one attached hydrogen (secondary N) is 1. The average molecular weight is 401 g/mol. The van der Waals surface area contributed by atoms with Crippen molar-refractivity contribution in [2.45, 2.75) is 19.0 Å². The fraction of sp³-hybridized carbons (Fsp3) is 0.174. The van der Waals surface area contributed by atoms with Crippen molar-refractivity contribution in [1.29, 1.82) is 0 Å². The summed E-state index contributed by atoms with van der Waals surface area (Å²) in [5.74, 6) is -0.629. The summed E-state index contributed by atoms with van der Waals surface area (Å²) in [6.45, 7) is 0.267. The monoisotopic (exact) mass is 401 g/mol. The lowest BCUT2D eigenvalue weighted by Crippen LogP contribution is -2.31. The molecule has 7 heteroatoms. The van der Waals surface area contributed by atoms with Gasteiger partial charge in [-0.3, -0.25) is 14.6 Å². The predicted octanol–water partition coefficient (Wildman–Crippen LogP) is 2.76. The van der Waals surface area contributed by atoms with Crippen LogP contribution in [0.2, 0.25) is 0 Å². The number of oxazole rings is 1. The van der Waals surface area contributed by atoms with E-state index in [9.17, 15) is 14.4 Å². The summed E-state index contributed by atoms with van der Waals surface area (Å²) in [6.07, 6.45) is 2.12. The zero-order valence-corrected chi connectivity index (χ0v) is 16.3. The summed E-state index contributed by atoms with van der Waals surface area (Å²) in [4.78, 5) is 41.9. The molecule has 0 radical (unpaired) electrons. The molecule has 0 bridgehead atoms. The Labute approximate surface area is 171 Å². The molecule has 1 aliphatic rings. The largest absolute Gasteiger partial charge is 0.417 e. The number of hydrogen-bond donors (Lipinski definition) is 1. The average Bonchev–Trinajstić information content (AvgIpc) is 3.25. The molecule has 5 rings (SSSR count). The van der Waals surface area contributed by atoms with Crippen LogP contribution >= 0.6 is 0 Å². The van der Waals surface area contributed by atoms with Crippen LogP contribution in [0.15, 0.2) is 74.8 Å². The summed E-state index contributed by atoms with van der Waals surface area (Å²) in [6, 6.07) is 16.2. The number of nitrogens with zero attached hydrogens (tertiary/aromatic N) is 2. The lowest BCUT2D eigenvalue weighted by Gasteiger charge is -2.25. The number of amides is 1. The Kier molecular flexibility index (Phi) is 4.17. The Morgan fingerprint density at radius 3 is 2.63 bits per heavy atom. The highest BCUT2D eigenvalue weighted by Crippen LogP contribution is 2.37. The van der Waals surface area contributed by atoms with Gasteiger partial charge in [-0.15, -0.1) is 0 Å². The van der Waals surface area contributed by atoms with E-state index in [2.05, 4.69) is 4.98 Å². The Bertz CT molecular complexity index is 1400. The zero-order chi connectivity index (χ0) is 20.8. The third kappa shape index (κ3) is 2.86. The molecule has 0 saturated carbocycles. The van der Waals surface area contributed by atoms with Gasteiger partial charge < -0.3 is 13.9 Å². The molecule has 1 amide bonds. The molecule has 4 aromatic rings. The van der Waals surface area contributed by atoms with Gasteiger partial charge in [-0.25, -0.2) is 4.79 Å². The van der Waals surface area contributed by atoms with Crippen LogP contribution in [0.3, 0.4) is 0 Å². The van der Waals surface area contributed by atoms with Crippen LogP contribution in [0, 0.1) is 0 Å². The Balaban J connectivity index is 1.58. The van der Waals surface area contributed by atoms with E-state index in [0.29, 0.717) is 28.6 Å². The first-order chi connectivity index (χ1) is 14.5. The highest BCUT2D eigenvalue weighted by atomic mass is 16.4. The number of aromatic amines is 1.